The van der Waals surface area contributed by atoms with Crippen LogP contribution in [0.4, 0.5) is 5.69 Å². The second kappa shape index (κ2) is 6.76. The highest BCUT2D eigenvalue weighted by Gasteiger charge is 2.10. The maximum atomic E-state index is 12.2. The molecule has 7 heteroatoms. The minimum atomic E-state index is -0.207. The van der Waals surface area contributed by atoms with Crippen molar-refractivity contribution in [1.29, 1.82) is 0 Å². The van der Waals surface area contributed by atoms with Gasteiger partial charge in [-0.25, -0.2) is 9.97 Å². The van der Waals surface area contributed by atoms with Crippen molar-refractivity contribution in [2.45, 2.75) is 20.3 Å². The normalized spacial score (nSPS) is 10.6. The Morgan fingerprint density at radius 3 is 2.88 bits per heavy atom. The van der Waals surface area contributed by atoms with Crippen LogP contribution in [0.2, 0.25) is 0 Å². The number of rotatable bonds is 4. The smallest absolute Gasteiger partial charge is 0.267 e. The van der Waals surface area contributed by atoms with Crippen LogP contribution < -0.4 is 10.9 Å². The SMILES string of the molecule is CCc1cc(=O)[nH]c(-c2cccc(NC(=O)c3cnc(C)s3)c2)n1. The predicted octanol–water partition coefficient (Wildman–Crippen LogP) is 3.02. The molecule has 0 aliphatic rings. The first-order valence-electron chi connectivity index (χ1n) is 7.49. The van der Waals surface area contributed by atoms with Crippen LogP contribution in [-0.2, 0) is 6.42 Å². The van der Waals surface area contributed by atoms with Crippen molar-refractivity contribution >= 4 is 22.9 Å². The number of nitrogens with zero attached hydrogens (tertiary/aromatic N) is 2. The number of benzene rings is 1. The van der Waals surface area contributed by atoms with Crippen LogP contribution in [0, 0.1) is 6.92 Å². The van der Waals surface area contributed by atoms with Crippen molar-refractivity contribution in [3.05, 3.63) is 62.5 Å². The van der Waals surface area contributed by atoms with Crippen molar-refractivity contribution in [2.24, 2.45) is 0 Å². The molecule has 122 valence electrons. The van der Waals surface area contributed by atoms with Crippen molar-refractivity contribution < 1.29 is 4.79 Å². The van der Waals surface area contributed by atoms with Gasteiger partial charge in [0.05, 0.1) is 11.2 Å². The summed E-state index contributed by atoms with van der Waals surface area (Å²) >= 11 is 1.34. The summed E-state index contributed by atoms with van der Waals surface area (Å²) in [6, 6.07) is 8.70. The third kappa shape index (κ3) is 3.57. The van der Waals surface area contributed by atoms with Gasteiger partial charge in [-0.1, -0.05) is 19.1 Å². The number of thiazole rings is 1. The molecule has 3 rings (SSSR count). The molecule has 24 heavy (non-hydrogen) atoms. The van der Waals surface area contributed by atoms with Gasteiger partial charge in [-0.05, 0) is 25.5 Å². The average molecular weight is 340 g/mol. The van der Waals surface area contributed by atoms with Crippen molar-refractivity contribution in [3.8, 4) is 11.4 Å². The summed E-state index contributed by atoms with van der Waals surface area (Å²) in [6.45, 7) is 3.80. The van der Waals surface area contributed by atoms with Crippen LogP contribution in [0.15, 0.2) is 41.3 Å². The molecular weight excluding hydrogens is 324 g/mol. The molecule has 3 aromatic rings. The molecule has 0 atom stereocenters. The number of anilines is 1. The molecule has 2 aromatic heterocycles. The fraction of sp³-hybridized carbons (Fsp3) is 0.176. The summed E-state index contributed by atoms with van der Waals surface area (Å²) in [6.07, 6.45) is 2.24. The quantitative estimate of drug-likeness (QED) is 0.764. The fourth-order valence-electron chi connectivity index (χ4n) is 2.23. The third-order valence-electron chi connectivity index (χ3n) is 3.40. The summed E-state index contributed by atoms with van der Waals surface area (Å²) in [5.41, 5.74) is 1.91. The Morgan fingerprint density at radius 2 is 2.17 bits per heavy atom. The molecule has 0 unspecified atom stereocenters. The van der Waals surface area contributed by atoms with E-state index in [1.165, 1.54) is 17.4 Å². The van der Waals surface area contributed by atoms with Crippen LogP contribution in [0.5, 0.6) is 0 Å². The third-order valence-corrected chi connectivity index (χ3v) is 4.31. The Kier molecular flexibility index (Phi) is 4.52. The Morgan fingerprint density at radius 1 is 1.33 bits per heavy atom. The molecule has 0 radical (unpaired) electrons. The maximum Gasteiger partial charge on any atom is 0.267 e. The number of amides is 1. The molecule has 1 amide bonds. The minimum Gasteiger partial charge on any atom is -0.321 e. The number of nitrogens with one attached hydrogen (secondary N) is 2. The van der Waals surface area contributed by atoms with Crippen LogP contribution in [0.3, 0.4) is 0 Å². The summed E-state index contributed by atoms with van der Waals surface area (Å²) < 4.78 is 0. The fourth-order valence-corrected chi connectivity index (χ4v) is 2.90. The lowest BCUT2D eigenvalue weighted by atomic mass is 10.1. The van der Waals surface area contributed by atoms with E-state index >= 15 is 0 Å². The van der Waals surface area contributed by atoms with Gasteiger partial charge in [0, 0.05) is 23.0 Å². The largest absolute Gasteiger partial charge is 0.321 e. The van der Waals surface area contributed by atoms with E-state index in [-0.39, 0.29) is 11.5 Å². The molecule has 0 aliphatic heterocycles. The Labute approximate surface area is 142 Å². The molecule has 0 aliphatic carbocycles. The van der Waals surface area contributed by atoms with Crippen LogP contribution in [0.25, 0.3) is 11.4 Å². The molecule has 0 saturated carbocycles. The first-order valence-corrected chi connectivity index (χ1v) is 8.31. The van der Waals surface area contributed by atoms with E-state index in [9.17, 15) is 9.59 Å². The van der Waals surface area contributed by atoms with E-state index < -0.39 is 0 Å². The minimum absolute atomic E-state index is 0.188. The zero-order chi connectivity index (χ0) is 17.1. The zero-order valence-corrected chi connectivity index (χ0v) is 14.1. The molecule has 0 bridgehead atoms. The monoisotopic (exact) mass is 340 g/mol. The van der Waals surface area contributed by atoms with Crippen molar-refractivity contribution in [3.63, 3.8) is 0 Å². The van der Waals surface area contributed by atoms with Crippen molar-refractivity contribution in [2.75, 3.05) is 5.32 Å². The van der Waals surface area contributed by atoms with Crippen LogP contribution in [-0.4, -0.2) is 20.9 Å². The second-order valence-corrected chi connectivity index (χ2v) is 6.45. The maximum absolute atomic E-state index is 12.2. The lowest BCUT2D eigenvalue weighted by molar-refractivity contribution is 0.103. The Balaban J connectivity index is 1.88. The Hall–Kier alpha value is -2.80. The number of aromatic nitrogens is 3. The van der Waals surface area contributed by atoms with Gasteiger partial charge in [0.15, 0.2) is 0 Å². The molecule has 0 saturated heterocycles. The Bertz CT molecular complexity index is 946. The number of hydrogen-bond donors (Lipinski definition) is 2. The molecule has 0 fully saturated rings. The van der Waals surface area contributed by atoms with E-state index in [4.69, 9.17) is 0 Å². The van der Waals surface area contributed by atoms with Crippen molar-refractivity contribution in [1.82, 2.24) is 15.0 Å². The zero-order valence-electron chi connectivity index (χ0n) is 13.3. The number of aryl methyl sites for hydroxylation is 2. The van der Waals surface area contributed by atoms with Gasteiger partial charge >= 0.3 is 0 Å². The van der Waals surface area contributed by atoms with E-state index in [2.05, 4.69) is 20.3 Å². The van der Waals surface area contributed by atoms with Gasteiger partial charge < -0.3 is 10.3 Å². The van der Waals surface area contributed by atoms with E-state index in [1.807, 2.05) is 26.0 Å². The van der Waals surface area contributed by atoms with Gasteiger partial charge in [0.25, 0.3) is 11.5 Å². The van der Waals surface area contributed by atoms with E-state index in [0.717, 1.165) is 16.3 Å². The van der Waals surface area contributed by atoms with Crippen LogP contribution in [0.1, 0.15) is 27.3 Å². The standard InChI is InChI=1S/C17H16N4O2S/c1-3-12-8-15(22)21-16(19-12)11-5-4-6-13(7-11)20-17(23)14-9-18-10(2)24-14/h4-9H,3H2,1-2H3,(H,20,23)(H,19,21,22). The van der Waals surface area contributed by atoms with E-state index in [0.29, 0.717) is 22.8 Å². The number of aromatic amines is 1. The van der Waals surface area contributed by atoms with Gasteiger partial charge in [-0.2, -0.15) is 0 Å². The predicted molar refractivity (Wildman–Crippen MR) is 94.5 cm³/mol. The number of H-pyrrole nitrogens is 1. The summed E-state index contributed by atoms with van der Waals surface area (Å²) in [5, 5.41) is 3.68. The lowest BCUT2D eigenvalue weighted by Crippen LogP contribution is -2.11. The molecule has 1 aromatic carbocycles. The number of carbonyl (C=O) groups excluding carboxylic acids is 1. The molecule has 2 heterocycles. The number of carbonyl (C=O) groups is 1. The lowest BCUT2D eigenvalue weighted by Gasteiger charge is -2.07. The summed E-state index contributed by atoms with van der Waals surface area (Å²) in [5.74, 6) is 0.283. The molecule has 0 spiro atoms. The van der Waals surface area contributed by atoms with Gasteiger partial charge in [-0.3, -0.25) is 9.59 Å². The summed E-state index contributed by atoms with van der Waals surface area (Å²) in [7, 11) is 0. The molecule has 2 N–H and O–H groups in total. The van der Waals surface area contributed by atoms with Crippen LogP contribution >= 0.6 is 11.3 Å². The highest BCUT2D eigenvalue weighted by atomic mass is 32.1. The topological polar surface area (TPSA) is 87.7 Å². The van der Waals surface area contributed by atoms with Gasteiger partial charge in [-0.15, -0.1) is 11.3 Å². The first kappa shape index (κ1) is 16.1. The second-order valence-electron chi connectivity index (χ2n) is 5.22. The van der Waals surface area contributed by atoms with Gasteiger partial charge in [0.2, 0.25) is 0 Å². The summed E-state index contributed by atoms with van der Waals surface area (Å²) in [4.78, 5) is 35.7. The van der Waals surface area contributed by atoms with Gasteiger partial charge in [0.1, 0.15) is 10.7 Å². The molecular formula is C17H16N4O2S. The first-order chi connectivity index (χ1) is 11.5. The van der Waals surface area contributed by atoms with E-state index in [1.54, 1.807) is 18.3 Å². The highest BCUT2D eigenvalue weighted by molar-refractivity contribution is 7.13. The molecule has 6 nitrogen and oxygen atoms in total. The highest BCUT2D eigenvalue weighted by Crippen LogP contribution is 2.20. The number of hydrogen-bond acceptors (Lipinski definition) is 5. The average Bonchev–Trinajstić information content (AvgIpc) is 3.01.